The van der Waals surface area contributed by atoms with Crippen LogP contribution in [0.1, 0.15) is 37.7 Å². The molecule has 0 N–H and O–H groups in total. The van der Waals surface area contributed by atoms with E-state index in [1.165, 1.54) is 37.5 Å². The van der Waals surface area contributed by atoms with Gasteiger partial charge in [0.05, 0.1) is 5.56 Å². The van der Waals surface area contributed by atoms with Crippen LogP contribution in [0.3, 0.4) is 0 Å². The predicted octanol–water partition coefficient (Wildman–Crippen LogP) is 4.05. The molecule has 4 heteroatoms. The molecule has 0 aliphatic heterocycles. The average Bonchev–Trinajstić information content (AvgIpc) is 2.38. The van der Waals surface area contributed by atoms with Gasteiger partial charge < -0.3 is 4.84 Å². The van der Waals surface area contributed by atoms with Crippen molar-refractivity contribution in [2.45, 2.75) is 38.7 Å². The Morgan fingerprint density at radius 2 is 1.83 bits per heavy atom. The van der Waals surface area contributed by atoms with Crippen molar-refractivity contribution in [1.29, 1.82) is 0 Å². The molecule has 1 aliphatic carbocycles. The Morgan fingerprint density at radius 3 is 2.50 bits per heavy atom. The molecule has 18 heavy (non-hydrogen) atoms. The highest BCUT2D eigenvalue weighted by molar-refractivity contribution is 5.59. The minimum atomic E-state index is -0.595. The summed E-state index contributed by atoms with van der Waals surface area (Å²) < 4.78 is 26.5. The fourth-order valence-corrected chi connectivity index (χ4v) is 2.18. The topological polar surface area (TPSA) is 21.6 Å². The Hall–Kier alpha value is -1.45. The molecule has 1 aromatic carbocycles. The van der Waals surface area contributed by atoms with Crippen molar-refractivity contribution in [3.05, 3.63) is 35.4 Å². The maximum atomic E-state index is 13.3. The smallest absolute Gasteiger partial charge is 0.147 e. The summed E-state index contributed by atoms with van der Waals surface area (Å²) in [5.41, 5.74) is -0.0710. The zero-order valence-corrected chi connectivity index (χ0v) is 10.2. The molecule has 0 bridgehead atoms. The van der Waals surface area contributed by atoms with Crippen LogP contribution < -0.4 is 0 Å². The fourth-order valence-electron chi connectivity index (χ4n) is 2.18. The van der Waals surface area contributed by atoms with Gasteiger partial charge in [-0.05, 0) is 30.9 Å². The molecule has 0 heterocycles. The van der Waals surface area contributed by atoms with Gasteiger partial charge in [-0.25, -0.2) is 8.78 Å². The number of hydrogen-bond acceptors (Lipinski definition) is 2. The quantitative estimate of drug-likeness (QED) is 0.586. The van der Waals surface area contributed by atoms with E-state index in [4.69, 9.17) is 4.84 Å². The molecule has 0 amide bonds. The molecular weight excluding hydrogens is 236 g/mol. The van der Waals surface area contributed by atoms with Crippen LogP contribution in [-0.2, 0) is 11.4 Å². The maximum absolute atomic E-state index is 13.3. The van der Waals surface area contributed by atoms with Crippen molar-refractivity contribution in [3.63, 3.8) is 0 Å². The third kappa shape index (κ3) is 3.52. The molecule has 1 aromatic rings. The van der Waals surface area contributed by atoms with Crippen molar-refractivity contribution < 1.29 is 13.6 Å². The SMILES string of the molecule is Fc1cccc(F)c1CON=CC1CCCCC1. The molecule has 1 aliphatic rings. The van der Waals surface area contributed by atoms with Gasteiger partial charge in [-0.2, -0.15) is 0 Å². The molecule has 1 saturated carbocycles. The highest BCUT2D eigenvalue weighted by Gasteiger charge is 2.11. The molecule has 0 spiro atoms. The minimum Gasteiger partial charge on any atom is -0.391 e. The van der Waals surface area contributed by atoms with Gasteiger partial charge in [0.2, 0.25) is 0 Å². The van der Waals surface area contributed by atoms with Gasteiger partial charge in [-0.15, -0.1) is 0 Å². The van der Waals surface area contributed by atoms with Crippen molar-refractivity contribution in [3.8, 4) is 0 Å². The number of nitrogens with zero attached hydrogens (tertiary/aromatic N) is 1. The summed E-state index contributed by atoms with van der Waals surface area (Å²) in [6.07, 6.45) is 7.74. The minimum absolute atomic E-state index is 0.0710. The summed E-state index contributed by atoms with van der Waals surface area (Å²) >= 11 is 0. The first-order valence-electron chi connectivity index (χ1n) is 6.35. The van der Waals surface area contributed by atoms with Crippen LogP contribution in [0.25, 0.3) is 0 Å². The molecular formula is C14H17F2NO. The lowest BCUT2D eigenvalue weighted by molar-refractivity contribution is 0.124. The Kier molecular flexibility index (Phi) is 4.67. The molecule has 0 saturated heterocycles. The molecule has 98 valence electrons. The van der Waals surface area contributed by atoms with Gasteiger partial charge in [0.1, 0.15) is 18.2 Å². The maximum Gasteiger partial charge on any atom is 0.147 e. The standard InChI is InChI=1S/C14H17F2NO/c15-13-7-4-8-14(16)12(13)10-18-17-9-11-5-2-1-3-6-11/h4,7-9,11H,1-3,5-6,10H2. The largest absolute Gasteiger partial charge is 0.391 e. The summed E-state index contributed by atoms with van der Waals surface area (Å²) in [7, 11) is 0. The lowest BCUT2D eigenvalue weighted by Gasteiger charge is -2.16. The molecule has 0 aromatic heterocycles. The van der Waals surface area contributed by atoms with Gasteiger partial charge in [-0.1, -0.05) is 30.5 Å². The van der Waals surface area contributed by atoms with Gasteiger partial charge in [0, 0.05) is 6.21 Å². The first-order valence-corrected chi connectivity index (χ1v) is 6.35. The van der Waals surface area contributed by atoms with Crippen LogP contribution in [0.15, 0.2) is 23.4 Å². The van der Waals surface area contributed by atoms with Crippen LogP contribution in [0, 0.1) is 17.6 Å². The van der Waals surface area contributed by atoms with Gasteiger partial charge >= 0.3 is 0 Å². The van der Waals surface area contributed by atoms with Gasteiger partial charge in [0.15, 0.2) is 0 Å². The molecule has 0 atom stereocenters. The van der Waals surface area contributed by atoms with Crippen LogP contribution >= 0.6 is 0 Å². The first kappa shape index (κ1) is 13.0. The number of rotatable bonds is 4. The molecule has 1 fully saturated rings. The summed E-state index contributed by atoms with van der Waals surface area (Å²) in [6, 6.07) is 3.76. The van der Waals surface area contributed by atoms with Gasteiger partial charge in [0.25, 0.3) is 0 Å². The summed E-state index contributed by atoms with van der Waals surface area (Å²) in [5.74, 6) is -0.741. The number of halogens is 2. The van der Waals surface area contributed by atoms with E-state index in [1.54, 1.807) is 6.21 Å². The number of benzene rings is 1. The van der Waals surface area contributed by atoms with Crippen molar-refractivity contribution in [1.82, 2.24) is 0 Å². The third-order valence-electron chi connectivity index (χ3n) is 3.27. The van der Waals surface area contributed by atoms with Crippen LogP contribution in [0.2, 0.25) is 0 Å². The van der Waals surface area contributed by atoms with Crippen molar-refractivity contribution >= 4 is 6.21 Å². The molecule has 0 unspecified atom stereocenters. The van der Waals surface area contributed by atoms with Crippen LogP contribution in [0.5, 0.6) is 0 Å². The number of hydrogen-bond donors (Lipinski definition) is 0. The predicted molar refractivity (Wildman–Crippen MR) is 66.2 cm³/mol. The molecule has 2 rings (SSSR count). The Labute approximate surface area is 106 Å². The molecule has 0 radical (unpaired) electrons. The lowest BCUT2D eigenvalue weighted by atomic mass is 9.90. The average molecular weight is 253 g/mol. The monoisotopic (exact) mass is 253 g/mol. The Balaban J connectivity index is 1.82. The van der Waals surface area contributed by atoms with E-state index in [2.05, 4.69) is 5.16 Å². The summed E-state index contributed by atoms with van der Waals surface area (Å²) in [5, 5.41) is 3.81. The van der Waals surface area contributed by atoms with E-state index >= 15 is 0 Å². The van der Waals surface area contributed by atoms with E-state index in [1.807, 2.05) is 0 Å². The van der Waals surface area contributed by atoms with E-state index in [9.17, 15) is 8.78 Å². The third-order valence-corrected chi connectivity index (χ3v) is 3.27. The lowest BCUT2D eigenvalue weighted by Crippen LogP contribution is -2.07. The van der Waals surface area contributed by atoms with E-state index in [-0.39, 0.29) is 12.2 Å². The second-order valence-corrected chi connectivity index (χ2v) is 4.63. The highest BCUT2D eigenvalue weighted by atomic mass is 19.1. The Morgan fingerprint density at radius 1 is 1.17 bits per heavy atom. The van der Waals surface area contributed by atoms with Gasteiger partial charge in [-0.3, -0.25) is 0 Å². The Bertz CT molecular complexity index is 394. The van der Waals surface area contributed by atoms with Crippen LogP contribution in [-0.4, -0.2) is 6.21 Å². The first-order chi connectivity index (χ1) is 8.77. The van der Waals surface area contributed by atoms with E-state index < -0.39 is 11.6 Å². The molecule has 2 nitrogen and oxygen atoms in total. The summed E-state index contributed by atoms with van der Waals surface area (Å²) in [4.78, 5) is 4.97. The second-order valence-electron chi connectivity index (χ2n) is 4.63. The normalized spacial score (nSPS) is 17.2. The van der Waals surface area contributed by atoms with E-state index in [0.717, 1.165) is 12.8 Å². The summed E-state index contributed by atoms with van der Waals surface area (Å²) in [6.45, 7) is -0.165. The highest BCUT2D eigenvalue weighted by Crippen LogP contribution is 2.22. The zero-order chi connectivity index (χ0) is 12.8. The second kappa shape index (κ2) is 6.47. The zero-order valence-electron chi connectivity index (χ0n) is 10.2. The van der Waals surface area contributed by atoms with E-state index in [0.29, 0.717) is 5.92 Å². The fraction of sp³-hybridized carbons (Fsp3) is 0.500. The van der Waals surface area contributed by atoms with Crippen molar-refractivity contribution in [2.24, 2.45) is 11.1 Å². The van der Waals surface area contributed by atoms with Crippen molar-refractivity contribution in [2.75, 3.05) is 0 Å². The van der Waals surface area contributed by atoms with Crippen LogP contribution in [0.4, 0.5) is 8.78 Å². The number of oxime groups is 1.